The van der Waals surface area contributed by atoms with Crippen molar-refractivity contribution >= 4 is 11.9 Å². The minimum Gasteiger partial charge on any atom is -0.475 e. The van der Waals surface area contributed by atoms with Crippen LogP contribution in [-0.4, -0.2) is 102 Å². The molecule has 0 aromatic carbocycles. The number of aliphatic hydroxyl groups excluding tert-OH is 1. The van der Waals surface area contributed by atoms with Crippen molar-refractivity contribution in [3.8, 4) is 0 Å². The number of ether oxygens (including phenoxy) is 2. The first-order chi connectivity index (χ1) is 14.7. The van der Waals surface area contributed by atoms with Crippen molar-refractivity contribution in [2.24, 2.45) is 5.92 Å². The van der Waals surface area contributed by atoms with E-state index >= 15 is 0 Å². The second-order valence-electron chi connectivity index (χ2n) is 8.62. The monoisotopic (exact) mass is 452 g/mol. The molecule has 3 atom stereocenters. The van der Waals surface area contributed by atoms with Crippen molar-refractivity contribution in [1.29, 1.82) is 0 Å². The number of fused-ring (bicyclic) bond motifs is 1. The third kappa shape index (κ3) is 6.30. The first-order valence-corrected chi connectivity index (χ1v) is 10.9. The molecule has 1 saturated carbocycles. The second kappa shape index (κ2) is 10.5. The average molecular weight is 452 g/mol. The number of halogens is 3. The van der Waals surface area contributed by atoms with E-state index in [9.17, 15) is 23.1 Å². The molecule has 4 aliphatic rings. The van der Waals surface area contributed by atoms with Crippen molar-refractivity contribution in [2.45, 2.75) is 69.1 Å². The summed E-state index contributed by atoms with van der Waals surface area (Å²) in [5.41, 5.74) is 0. The topological polar surface area (TPSA) is 99.5 Å². The Morgan fingerprint density at radius 3 is 2.35 bits per heavy atom. The predicted octanol–water partition coefficient (Wildman–Crippen LogP) is 1.26. The molecule has 8 nitrogen and oxygen atoms in total. The molecule has 11 heteroatoms. The number of carboxylic acids is 1. The fourth-order valence-corrected chi connectivity index (χ4v) is 4.67. The summed E-state index contributed by atoms with van der Waals surface area (Å²) in [7, 11) is 0. The lowest BCUT2D eigenvalue weighted by Crippen LogP contribution is -2.48. The number of aliphatic carboxylic acids is 1. The smallest absolute Gasteiger partial charge is 0.475 e. The predicted molar refractivity (Wildman–Crippen MR) is 102 cm³/mol. The normalized spacial score (nSPS) is 33.3. The number of rotatable bonds is 5. The maximum absolute atomic E-state index is 12.8. The van der Waals surface area contributed by atoms with Gasteiger partial charge in [-0.25, -0.2) is 4.79 Å². The Bertz CT molecular complexity index is 623. The van der Waals surface area contributed by atoms with E-state index in [1.807, 2.05) is 4.90 Å². The van der Waals surface area contributed by atoms with Gasteiger partial charge in [-0.2, -0.15) is 13.2 Å². The van der Waals surface area contributed by atoms with Crippen LogP contribution in [0.2, 0.25) is 0 Å². The van der Waals surface area contributed by atoms with Crippen LogP contribution in [0.3, 0.4) is 0 Å². The van der Waals surface area contributed by atoms with Gasteiger partial charge >= 0.3 is 12.1 Å². The van der Waals surface area contributed by atoms with Crippen LogP contribution in [-0.2, 0) is 19.1 Å². The summed E-state index contributed by atoms with van der Waals surface area (Å²) in [6.07, 6.45) is 0.531. The molecule has 178 valence electrons. The Hall–Kier alpha value is -1.43. The van der Waals surface area contributed by atoms with Gasteiger partial charge in [0.2, 0.25) is 5.91 Å². The standard InChI is InChI=1S/C18H30N2O4.C2HF3O2/c21-14-10-13(11-14)18(22)20-12-16(17-15(20)4-3-8-24-17)23-9-7-19-5-1-2-6-19;3-2(4,5)1(6)7/h13-17,21H,1-12H2;(H,6,7)/t13?,14?,15-,16+,17+;/m1./s1. The highest BCUT2D eigenvalue weighted by Crippen LogP contribution is 2.36. The van der Waals surface area contributed by atoms with Crippen LogP contribution in [0.5, 0.6) is 0 Å². The van der Waals surface area contributed by atoms with E-state index in [-0.39, 0.29) is 36.2 Å². The molecular formula is C20H31F3N2O6. The van der Waals surface area contributed by atoms with Gasteiger partial charge in [0.1, 0.15) is 12.2 Å². The van der Waals surface area contributed by atoms with E-state index in [1.165, 1.54) is 25.9 Å². The summed E-state index contributed by atoms with van der Waals surface area (Å²) in [5.74, 6) is -2.55. The van der Waals surface area contributed by atoms with Gasteiger partial charge in [-0.05, 0) is 51.6 Å². The summed E-state index contributed by atoms with van der Waals surface area (Å²) in [5, 5.41) is 16.6. The van der Waals surface area contributed by atoms with Crippen molar-refractivity contribution in [3.63, 3.8) is 0 Å². The molecule has 4 rings (SSSR count). The van der Waals surface area contributed by atoms with Crippen molar-refractivity contribution in [2.75, 3.05) is 39.4 Å². The van der Waals surface area contributed by atoms with Crippen LogP contribution in [0.4, 0.5) is 13.2 Å². The van der Waals surface area contributed by atoms with Crippen molar-refractivity contribution in [3.05, 3.63) is 0 Å². The van der Waals surface area contributed by atoms with E-state index < -0.39 is 12.1 Å². The Balaban J connectivity index is 0.000000339. The molecule has 31 heavy (non-hydrogen) atoms. The van der Waals surface area contributed by atoms with Crippen LogP contribution in [0.25, 0.3) is 0 Å². The highest BCUT2D eigenvalue weighted by molar-refractivity contribution is 5.80. The number of alkyl halides is 3. The molecule has 0 spiro atoms. The van der Waals surface area contributed by atoms with E-state index in [2.05, 4.69) is 4.90 Å². The van der Waals surface area contributed by atoms with Gasteiger partial charge in [-0.1, -0.05) is 0 Å². The van der Waals surface area contributed by atoms with Crippen LogP contribution in [0, 0.1) is 5.92 Å². The third-order valence-electron chi connectivity index (χ3n) is 6.40. The van der Waals surface area contributed by atoms with Crippen LogP contribution < -0.4 is 0 Å². The van der Waals surface area contributed by atoms with Crippen molar-refractivity contribution < 1.29 is 42.4 Å². The van der Waals surface area contributed by atoms with Gasteiger partial charge in [-0.15, -0.1) is 0 Å². The molecule has 3 saturated heterocycles. The van der Waals surface area contributed by atoms with Crippen LogP contribution in [0.15, 0.2) is 0 Å². The quantitative estimate of drug-likeness (QED) is 0.648. The first-order valence-electron chi connectivity index (χ1n) is 10.9. The number of carboxylic acid groups (broad SMARTS) is 1. The molecule has 0 aromatic heterocycles. The summed E-state index contributed by atoms with van der Waals surface area (Å²) < 4.78 is 43.9. The van der Waals surface area contributed by atoms with E-state index in [1.54, 1.807) is 0 Å². The molecule has 0 bridgehead atoms. The summed E-state index contributed by atoms with van der Waals surface area (Å²) in [6, 6.07) is 0.167. The zero-order valence-corrected chi connectivity index (χ0v) is 17.4. The van der Waals surface area contributed by atoms with E-state index in [4.69, 9.17) is 19.4 Å². The van der Waals surface area contributed by atoms with Gasteiger partial charge in [0.25, 0.3) is 0 Å². The first kappa shape index (κ1) is 24.2. The number of nitrogens with zero attached hydrogens (tertiary/aromatic N) is 2. The number of hydrogen-bond acceptors (Lipinski definition) is 6. The summed E-state index contributed by atoms with van der Waals surface area (Å²) >= 11 is 0. The van der Waals surface area contributed by atoms with Crippen LogP contribution >= 0.6 is 0 Å². The van der Waals surface area contributed by atoms with E-state index in [0.717, 1.165) is 32.6 Å². The average Bonchev–Trinajstić information content (AvgIpc) is 3.33. The Morgan fingerprint density at radius 1 is 1.13 bits per heavy atom. The molecule has 0 unspecified atom stereocenters. The number of carbonyl (C=O) groups excluding carboxylic acids is 1. The maximum Gasteiger partial charge on any atom is 0.490 e. The highest BCUT2D eigenvalue weighted by Gasteiger charge is 2.49. The maximum atomic E-state index is 12.8. The second-order valence-corrected chi connectivity index (χ2v) is 8.62. The minimum absolute atomic E-state index is 0.00549. The number of carbonyl (C=O) groups is 2. The SMILES string of the molecule is O=C(C1CC(O)C1)N1C[C@H](OCCN2CCCC2)[C@H]2OCCC[C@H]21.O=C(O)C(F)(F)F. The molecule has 2 N–H and O–H groups in total. The van der Waals surface area contributed by atoms with Gasteiger partial charge in [0, 0.05) is 25.6 Å². The van der Waals surface area contributed by atoms with Gasteiger partial charge in [-0.3, -0.25) is 4.79 Å². The summed E-state index contributed by atoms with van der Waals surface area (Å²) in [4.78, 5) is 26.1. The lowest BCUT2D eigenvalue weighted by molar-refractivity contribution is -0.192. The molecule has 0 aromatic rings. The molecular weight excluding hydrogens is 421 g/mol. The van der Waals surface area contributed by atoms with Gasteiger partial charge < -0.3 is 29.5 Å². The van der Waals surface area contributed by atoms with E-state index in [0.29, 0.717) is 19.4 Å². The van der Waals surface area contributed by atoms with Crippen LogP contribution in [0.1, 0.15) is 38.5 Å². The zero-order valence-electron chi connectivity index (χ0n) is 17.4. The Kier molecular flexibility index (Phi) is 8.17. The Labute approximate surface area is 179 Å². The lowest BCUT2D eigenvalue weighted by atomic mass is 9.81. The molecule has 3 heterocycles. The molecule has 3 aliphatic heterocycles. The molecule has 1 amide bonds. The Morgan fingerprint density at radius 2 is 1.77 bits per heavy atom. The number of likely N-dealkylation sites (tertiary alicyclic amines) is 2. The van der Waals surface area contributed by atoms with Gasteiger partial charge in [0.05, 0.1) is 18.8 Å². The molecule has 1 aliphatic carbocycles. The summed E-state index contributed by atoms with van der Waals surface area (Å²) in [6.45, 7) is 5.51. The lowest BCUT2D eigenvalue weighted by Gasteiger charge is -2.37. The number of hydrogen-bond donors (Lipinski definition) is 2. The number of aliphatic hydroxyl groups is 1. The third-order valence-corrected chi connectivity index (χ3v) is 6.40. The van der Waals surface area contributed by atoms with Crippen molar-refractivity contribution in [1.82, 2.24) is 9.80 Å². The number of amides is 1. The van der Waals surface area contributed by atoms with Gasteiger partial charge in [0.15, 0.2) is 0 Å². The molecule has 4 fully saturated rings. The fourth-order valence-electron chi connectivity index (χ4n) is 4.67. The zero-order chi connectivity index (χ0) is 22.6. The fraction of sp³-hybridized carbons (Fsp3) is 0.900. The molecule has 0 radical (unpaired) electrons. The largest absolute Gasteiger partial charge is 0.490 e. The highest BCUT2D eigenvalue weighted by atomic mass is 19.4. The minimum atomic E-state index is -5.08.